The smallest absolute Gasteiger partial charge is 0.239 e. The maximum absolute atomic E-state index is 12.3. The van der Waals surface area contributed by atoms with E-state index in [9.17, 15) is 4.79 Å². The van der Waals surface area contributed by atoms with Crippen molar-refractivity contribution < 1.29 is 9.53 Å². The summed E-state index contributed by atoms with van der Waals surface area (Å²) in [5, 5.41) is 5.49. The topological polar surface area (TPSA) is 41.6 Å². The molecule has 2 rings (SSSR count). The van der Waals surface area contributed by atoms with E-state index in [4.69, 9.17) is 4.74 Å². The fourth-order valence-corrected chi connectivity index (χ4v) is 3.35. The normalized spacial score (nSPS) is 19.2. The summed E-state index contributed by atoms with van der Waals surface area (Å²) >= 11 is 1.74. The van der Waals surface area contributed by atoms with Crippen molar-refractivity contribution in [3.63, 3.8) is 0 Å². The van der Waals surface area contributed by atoms with Crippen molar-refractivity contribution in [2.24, 2.45) is 0 Å². The number of nitrogens with zero attached hydrogens (tertiary/aromatic N) is 1. The number of thiophene rings is 1. The van der Waals surface area contributed by atoms with E-state index in [1.54, 1.807) is 11.3 Å². The van der Waals surface area contributed by atoms with Crippen LogP contribution in [0.4, 0.5) is 0 Å². The van der Waals surface area contributed by atoms with Crippen molar-refractivity contribution >= 4 is 17.2 Å². The van der Waals surface area contributed by atoms with E-state index in [1.165, 1.54) is 10.4 Å². The average molecular weight is 282 g/mol. The molecule has 0 spiro atoms. The number of amides is 1. The Morgan fingerprint density at radius 2 is 2.11 bits per heavy atom. The minimum Gasteiger partial charge on any atom is -0.378 e. The summed E-state index contributed by atoms with van der Waals surface area (Å²) in [6.07, 6.45) is 0. The molecule has 1 amide bonds. The monoisotopic (exact) mass is 282 g/mol. The number of rotatable bonds is 4. The van der Waals surface area contributed by atoms with Gasteiger partial charge in [-0.2, -0.15) is 0 Å². The van der Waals surface area contributed by atoms with Crippen molar-refractivity contribution in [2.45, 2.75) is 32.9 Å². The molecular formula is C14H22N2O2S. The molecule has 5 heteroatoms. The Morgan fingerprint density at radius 1 is 1.42 bits per heavy atom. The van der Waals surface area contributed by atoms with Gasteiger partial charge in [-0.05, 0) is 37.8 Å². The lowest BCUT2D eigenvalue weighted by atomic mass is 10.1. The van der Waals surface area contributed by atoms with E-state index in [2.05, 4.69) is 30.6 Å². The van der Waals surface area contributed by atoms with Crippen LogP contribution in [0.5, 0.6) is 0 Å². The largest absolute Gasteiger partial charge is 0.378 e. The molecule has 1 aromatic rings. The van der Waals surface area contributed by atoms with Crippen molar-refractivity contribution in [1.29, 1.82) is 0 Å². The zero-order valence-corrected chi connectivity index (χ0v) is 12.6. The Bertz CT molecular complexity index is 427. The van der Waals surface area contributed by atoms with Crippen LogP contribution >= 0.6 is 11.3 Å². The number of hydrogen-bond donors (Lipinski definition) is 1. The average Bonchev–Trinajstić information content (AvgIpc) is 2.85. The van der Waals surface area contributed by atoms with Gasteiger partial charge in [0.2, 0.25) is 5.91 Å². The molecule has 0 aromatic carbocycles. The zero-order chi connectivity index (χ0) is 13.8. The van der Waals surface area contributed by atoms with Gasteiger partial charge in [0.25, 0.3) is 0 Å². The lowest BCUT2D eigenvalue weighted by Gasteiger charge is -2.30. The van der Waals surface area contributed by atoms with Crippen LogP contribution in [0, 0.1) is 6.92 Å². The highest BCUT2D eigenvalue weighted by Gasteiger charge is 2.24. The van der Waals surface area contributed by atoms with Gasteiger partial charge in [0.05, 0.1) is 19.3 Å². The van der Waals surface area contributed by atoms with Crippen LogP contribution in [0.2, 0.25) is 0 Å². The summed E-state index contributed by atoms with van der Waals surface area (Å²) in [6, 6.07) is 2.17. The molecule has 1 aliphatic heterocycles. The molecule has 0 saturated carbocycles. The summed E-state index contributed by atoms with van der Waals surface area (Å²) in [4.78, 5) is 15.5. The van der Waals surface area contributed by atoms with Crippen LogP contribution in [-0.2, 0) is 9.53 Å². The van der Waals surface area contributed by atoms with Gasteiger partial charge < -0.3 is 9.64 Å². The highest BCUT2D eigenvalue weighted by atomic mass is 32.1. The Hall–Kier alpha value is -0.910. The zero-order valence-electron chi connectivity index (χ0n) is 11.8. The van der Waals surface area contributed by atoms with Crippen LogP contribution in [0.3, 0.4) is 0 Å². The molecule has 2 unspecified atom stereocenters. The van der Waals surface area contributed by atoms with Crippen LogP contribution < -0.4 is 5.32 Å². The van der Waals surface area contributed by atoms with Gasteiger partial charge in [-0.25, -0.2) is 0 Å². The number of nitrogens with one attached hydrogen (secondary N) is 1. The highest BCUT2D eigenvalue weighted by molar-refractivity contribution is 7.10. The summed E-state index contributed by atoms with van der Waals surface area (Å²) in [7, 11) is 0. The van der Waals surface area contributed by atoms with Crippen LogP contribution in [-0.4, -0.2) is 43.2 Å². The molecule has 2 heterocycles. The molecular weight excluding hydrogens is 260 g/mol. The molecule has 19 heavy (non-hydrogen) atoms. The highest BCUT2D eigenvalue weighted by Crippen LogP contribution is 2.23. The minimum atomic E-state index is -0.158. The number of ether oxygens (including phenoxy) is 1. The van der Waals surface area contributed by atoms with Gasteiger partial charge in [-0.1, -0.05) is 0 Å². The van der Waals surface area contributed by atoms with Crippen molar-refractivity contribution in [3.8, 4) is 0 Å². The predicted octanol–water partition coefficient (Wildman–Crippen LogP) is 1.95. The number of aryl methyl sites for hydroxylation is 1. The lowest BCUT2D eigenvalue weighted by Crippen LogP contribution is -2.49. The van der Waals surface area contributed by atoms with E-state index in [-0.39, 0.29) is 18.0 Å². The SMILES string of the molecule is Cc1ccsc1C(C)NC(C)C(=O)N1CCOCC1. The maximum Gasteiger partial charge on any atom is 0.239 e. The van der Waals surface area contributed by atoms with Gasteiger partial charge in [0, 0.05) is 24.0 Å². The summed E-state index contributed by atoms with van der Waals surface area (Å²) in [5.74, 6) is 0.171. The second kappa shape index (κ2) is 6.50. The third kappa shape index (κ3) is 3.55. The van der Waals surface area contributed by atoms with Gasteiger partial charge in [-0.3, -0.25) is 10.1 Å². The minimum absolute atomic E-state index is 0.158. The number of hydrogen-bond acceptors (Lipinski definition) is 4. The Kier molecular flexibility index (Phi) is 4.96. The van der Waals surface area contributed by atoms with Crippen molar-refractivity contribution in [1.82, 2.24) is 10.2 Å². The van der Waals surface area contributed by atoms with E-state index >= 15 is 0 Å². The van der Waals surface area contributed by atoms with E-state index in [1.807, 2.05) is 11.8 Å². The molecule has 1 aromatic heterocycles. The fraction of sp³-hybridized carbons (Fsp3) is 0.643. The Labute approximate surface area is 118 Å². The molecule has 0 radical (unpaired) electrons. The molecule has 1 aliphatic rings. The summed E-state index contributed by atoms with van der Waals surface area (Å²) in [5.41, 5.74) is 1.29. The first-order valence-corrected chi connectivity index (χ1v) is 7.64. The molecule has 0 aliphatic carbocycles. The van der Waals surface area contributed by atoms with Crippen LogP contribution in [0.25, 0.3) is 0 Å². The van der Waals surface area contributed by atoms with Crippen LogP contribution in [0.15, 0.2) is 11.4 Å². The quantitative estimate of drug-likeness (QED) is 0.918. The summed E-state index contributed by atoms with van der Waals surface area (Å²) in [6.45, 7) is 8.88. The van der Waals surface area contributed by atoms with E-state index < -0.39 is 0 Å². The second-order valence-electron chi connectivity index (χ2n) is 5.02. The molecule has 1 fully saturated rings. The standard InChI is InChI=1S/C14H22N2O2S/c1-10-4-9-19-13(10)11(2)15-12(3)14(17)16-5-7-18-8-6-16/h4,9,11-12,15H,5-8H2,1-3H3. The van der Waals surface area contributed by atoms with Crippen molar-refractivity contribution in [3.05, 3.63) is 21.9 Å². The van der Waals surface area contributed by atoms with Crippen molar-refractivity contribution in [2.75, 3.05) is 26.3 Å². The third-order valence-corrected chi connectivity index (χ3v) is 4.69. The lowest BCUT2D eigenvalue weighted by molar-refractivity contribution is -0.137. The predicted molar refractivity (Wildman–Crippen MR) is 77.5 cm³/mol. The Morgan fingerprint density at radius 3 is 2.68 bits per heavy atom. The van der Waals surface area contributed by atoms with E-state index in [0.29, 0.717) is 26.3 Å². The first-order chi connectivity index (χ1) is 9.09. The maximum atomic E-state index is 12.3. The first-order valence-electron chi connectivity index (χ1n) is 6.76. The number of morpholine rings is 1. The number of carbonyl (C=O) groups excluding carboxylic acids is 1. The second-order valence-corrected chi connectivity index (χ2v) is 5.96. The van der Waals surface area contributed by atoms with Gasteiger partial charge in [0.15, 0.2) is 0 Å². The first kappa shape index (κ1) is 14.5. The fourth-order valence-electron chi connectivity index (χ4n) is 2.41. The molecule has 106 valence electrons. The van der Waals surface area contributed by atoms with E-state index in [0.717, 1.165) is 0 Å². The van der Waals surface area contributed by atoms with Gasteiger partial charge in [-0.15, -0.1) is 11.3 Å². The molecule has 0 bridgehead atoms. The molecule has 1 saturated heterocycles. The molecule has 1 N–H and O–H groups in total. The number of carbonyl (C=O) groups is 1. The molecule has 2 atom stereocenters. The Balaban J connectivity index is 1.91. The van der Waals surface area contributed by atoms with Crippen LogP contribution in [0.1, 0.15) is 30.3 Å². The molecule has 4 nitrogen and oxygen atoms in total. The third-order valence-electron chi connectivity index (χ3n) is 3.49. The summed E-state index contributed by atoms with van der Waals surface area (Å²) < 4.78 is 5.27. The van der Waals surface area contributed by atoms with Gasteiger partial charge >= 0.3 is 0 Å². The van der Waals surface area contributed by atoms with Gasteiger partial charge in [0.1, 0.15) is 0 Å².